The summed E-state index contributed by atoms with van der Waals surface area (Å²) in [6.07, 6.45) is 3.99. The number of rotatable bonds is 6. The lowest BCUT2D eigenvalue weighted by Gasteiger charge is -2.12. The second-order valence-electron chi connectivity index (χ2n) is 6.57. The lowest BCUT2D eigenvalue weighted by Crippen LogP contribution is -2.28. The molecule has 1 aliphatic rings. The number of hydrogen-bond donors (Lipinski definition) is 2. The molecule has 2 amide bonds. The maximum absolute atomic E-state index is 12.1. The molecule has 1 fully saturated rings. The highest BCUT2D eigenvalue weighted by molar-refractivity contribution is 5.89. The molecule has 1 aliphatic heterocycles. The predicted molar refractivity (Wildman–Crippen MR) is 103 cm³/mol. The van der Waals surface area contributed by atoms with Crippen LogP contribution in [-0.2, 0) is 11.3 Å². The smallest absolute Gasteiger partial charge is 0.319 e. The molecule has 1 unspecified atom stereocenters. The Kier molecular flexibility index (Phi) is 5.25. The lowest BCUT2D eigenvalue weighted by molar-refractivity contribution is 0.0679. The number of carbonyl (C=O) groups excluding carboxylic acids is 1. The van der Waals surface area contributed by atoms with E-state index < -0.39 is 0 Å². The largest absolute Gasteiger partial charge is 0.491 e. The van der Waals surface area contributed by atoms with Crippen LogP contribution in [0.2, 0.25) is 0 Å². The van der Waals surface area contributed by atoms with Gasteiger partial charge in [-0.3, -0.25) is 0 Å². The van der Waals surface area contributed by atoms with Crippen molar-refractivity contribution >= 4 is 22.7 Å². The van der Waals surface area contributed by atoms with Gasteiger partial charge >= 0.3 is 6.03 Å². The molecule has 0 saturated carbocycles. The molecule has 27 heavy (non-hydrogen) atoms. The lowest BCUT2D eigenvalue weighted by atomic mass is 10.1. The molecule has 1 aromatic heterocycles. The van der Waals surface area contributed by atoms with E-state index >= 15 is 0 Å². The summed E-state index contributed by atoms with van der Waals surface area (Å²) in [4.78, 5) is 12.1. The van der Waals surface area contributed by atoms with Crippen LogP contribution in [0, 0.1) is 0 Å². The summed E-state index contributed by atoms with van der Waals surface area (Å²) in [5.74, 6) is 0.768. The van der Waals surface area contributed by atoms with Crippen molar-refractivity contribution in [3.63, 3.8) is 0 Å². The van der Waals surface area contributed by atoms with Crippen LogP contribution in [0.5, 0.6) is 5.75 Å². The molecule has 0 bridgehead atoms. The first-order chi connectivity index (χ1) is 13.3. The van der Waals surface area contributed by atoms with Gasteiger partial charge in [0.1, 0.15) is 17.9 Å². The van der Waals surface area contributed by atoms with E-state index in [1.54, 1.807) is 6.26 Å². The number of anilines is 1. The van der Waals surface area contributed by atoms with E-state index in [1.165, 1.54) is 0 Å². The highest BCUT2D eigenvalue weighted by Gasteiger charge is 2.15. The number of carbonyl (C=O) groups is 1. The summed E-state index contributed by atoms with van der Waals surface area (Å²) in [5, 5.41) is 6.69. The Balaban J connectivity index is 1.24. The summed E-state index contributed by atoms with van der Waals surface area (Å²) >= 11 is 0. The van der Waals surface area contributed by atoms with E-state index in [1.807, 2.05) is 48.5 Å². The fourth-order valence-corrected chi connectivity index (χ4v) is 3.08. The van der Waals surface area contributed by atoms with E-state index in [9.17, 15) is 4.79 Å². The molecular weight excluding hydrogens is 344 g/mol. The van der Waals surface area contributed by atoms with Crippen molar-refractivity contribution in [3.05, 3.63) is 60.4 Å². The average molecular weight is 366 g/mol. The number of benzene rings is 2. The molecule has 4 rings (SSSR count). The fraction of sp³-hybridized carbons (Fsp3) is 0.286. The van der Waals surface area contributed by atoms with Gasteiger partial charge < -0.3 is 24.5 Å². The minimum atomic E-state index is -0.254. The molecule has 0 aliphatic carbocycles. The zero-order chi connectivity index (χ0) is 18.5. The molecule has 6 nitrogen and oxygen atoms in total. The van der Waals surface area contributed by atoms with Crippen molar-refractivity contribution in [2.45, 2.75) is 25.5 Å². The topological polar surface area (TPSA) is 72.7 Å². The quantitative estimate of drug-likeness (QED) is 0.682. The van der Waals surface area contributed by atoms with Crippen molar-refractivity contribution in [2.24, 2.45) is 0 Å². The van der Waals surface area contributed by atoms with E-state index in [2.05, 4.69) is 10.6 Å². The van der Waals surface area contributed by atoms with E-state index in [0.717, 1.165) is 41.7 Å². The van der Waals surface area contributed by atoms with Gasteiger partial charge in [-0.2, -0.15) is 0 Å². The highest BCUT2D eigenvalue weighted by Crippen LogP contribution is 2.19. The van der Waals surface area contributed by atoms with Crippen LogP contribution in [0.25, 0.3) is 11.0 Å². The van der Waals surface area contributed by atoms with Crippen LogP contribution in [0.3, 0.4) is 0 Å². The number of fused-ring (bicyclic) bond motifs is 1. The first-order valence-electron chi connectivity index (χ1n) is 9.12. The average Bonchev–Trinajstić information content (AvgIpc) is 3.37. The molecular formula is C21H22N2O4. The van der Waals surface area contributed by atoms with Gasteiger partial charge in [0.15, 0.2) is 0 Å². The van der Waals surface area contributed by atoms with Crippen LogP contribution in [0.15, 0.2) is 59.2 Å². The van der Waals surface area contributed by atoms with Crippen molar-refractivity contribution in [1.29, 1.82) is 0 Å². The number of amides is 2. The molecule has 3 aromatic rings. The van der Waals surface area contributed by atoms with Crippen molar-refractivity contribution < 1.29 is 18.7 Å². The van der Waals surface area contributed by atoms with E-state index in [-0.39, 0.29) is 12.1 Å². The van der Waals surface area contributed by atoms with Crippen LogP contribution in [-0.4, -0.2) is 25.3 Å². The predicted octanol–water partition coefficient (Wildman–Crippen LogP) is 4.31. The third kappa shape index (κ3) is 4.60. The number of ether oxygens (including phenoxy) is 2. The molecule has 140 valence electrons. The summed E-state index contributed by atoms with van der Waals surface area (Å²) in [5.41, 5.74) is 2.56. The molecule has 0 spiro atoms. The van der Waals surface area contributed by atoms with Crippen molar-refractivity contribution in [1.82, 2.24) is 5.32 Å². The number of hydrogen-bond acceptors (Lipinski definition) is 4. The monoisotopic (exact) mass is 366 g/mol. The van der Waals surface area contributed by atoms with Gasteiger partial charge in [-0.05, 0) is 60.9 Å². The van der Waals surface area contributed by atoms with Gasteiger partial charge in [-0.25, -0.2) is 4.79 Å². The molecule has 1 saturated heterocycles. The van der Waals surface area contributed by atoms with Crippen LogP contribution in [0.1, 0.15) is 18.4 Å². The third-order valence-electron chi connectivity index (χ3n) is 4.54. The zero-order valence-corrected chi connectivity index (χ0v) is 14.9. The summed E-state index contributed by atoms with van der Waals surface area (Å²) in [6, 6.07) is 14.8. The number of nitrogens with one attached hydrogen (secondary N) is 2. The summed E-state index contributed by atoms with van der Waals surface area (Å²) < 4.78 is 16.6. The first-order valence-corrected chi connectivity index (χ1v) is 9.12. The van der Waals surface area contributed by atoms with E-state index in [4.69, 9.17) is 13.9 Å². The Labute approximate surface area is 157 Å². The Hall–Kier alpha value is -2.99. The standard InChI is InChI=1S/C21H22N2O4/c24-21(22-13-15-3-8-20-16(12-15)9-11-26-20)23-17-4-6-18(7-5-17)27-14-19-2-1-10-25-19/h3-9,11-12,19H,1-2,10,13-14H2,(H2,22,23,24). The second-order valence-corrected chi connectivity index (χ2v) is 6.57. The number of urea groups is 1. The van der Waals surface area contributed by atoms with Gasteiger partial charge in [0, 0.05) is 24.2 Å². The maximum Gasteiger partial charge on any atom is 0.319 e. The van der Waals surface area contributed by atoms with Crippen molar-refractivity contribution in [2.75, 3.05) is 18.5 Å². The maximum atomic E-state index is 12.1. The minimum absolute atomic E-state index is 0.190. The molecule has 2 aromatic carbocycles. The normalized spacial score (nSPS) is 16.4. The van der Waals surface area contributed by atoms with Gasteiger partial charge in [0.25, 0.3) is 0 Å². The van der Waals surface area contributed by atoms with Gasteiger partial charge in [0.2, 0.25) is 0 Å². The third-order valence-corrected chi connectivity index (χ3v) is 4.54. The Morgan fingerprint density at radius 2 is 2.04 bits per heavy atom. The fourth-order valence-electron chi connectivity index (χ4n) is 3.08. The zero-order valence-electron chi connectivity index (χ0n) is 14.9. The highest BCUT2D eigenvalue weighted by atomic mass is 16.5. The van der Waals surface area contributed by atoms with Crippen molar-refractivity contribution in [3.8, 4) is 5.75 Å². The molecule has 2 N–H and O–H groups in total. The SMILES string of the molecule is O=C(NCc1ccc2occc2c1)Nc1ccc(OCC2CCCO2)cc1. The van der Waals surface area contributed by atoms with Gasteiger partial charge in [-0.15, -0.1) is 0 Å². The molecule has 1 atom stereocenters. The second kappa shape index (κ2) is 8.14. The van der Waals surface area contributed by atoms with Crippen LogP contribution >= 0.6 is 0 Å². The van der Waals surface area contributed by atoms with Gasteiger partial charge in [-0.1, -0.05) is 6.07 Å². The Morgan fingerprint density at radius 3 is 2.85 bits per heavy atom. The Bertz CT molecular complexity index is 898. The summed E-state index contributed by atoms with van der Waals surface area (Å²) in [6.45, 7) is 1.83. The van der Waals surface area contributed by atoms with E-state index in [0.29, 0.717) is 18.8 Å². The summed E-state index contributed by atoms with van der Waals surface area (Å²) in [7, 11) is 0. The molecule has 2 heterocycles. The minimum Gasteiger partial charge on any atom is -0.491 e. The Morgan fingerprint density at radius 1 is 1.15 bits per heavy atom. The van der Waals surface area contributed by atoms with Crippen LogP contribution < -0.4 is 15.4 Å². The first kappa shape index (κ1) is 17.4. The van der Waals surface area contributed by atoms with Crippen LogP contribution in [0.4, 0.5) is 10.5 Å². The number of furan rings is 1. The van der Waals surface area contributed by atoms with Gasteiger partial charge in [0.05, 0.1) is 12.4 Å². The molecule has 6 heteroatoms. The molecule has 0 radical (unpaired) electrons.